The van der Waals surface area contributed by atoms with E-state index in [1.807, 2.05) is 6.20 Å². The highest BCUT2D eigenvalue weighted by atomic mass is 16.3. The first-order valence-corrected chi connectivity index (χ1v) is 8.01. The highest BCUT2D eigenvalue weighted by Gasteiger charge is 2.44. The molecule has 1 aromatic rings. The quantitative estimate of drug-likeness (QED) is 0.898. The van der Waals surface area contributed by atoms with E-state index in [2.05, 4.69) is 44.8 Å². The van der Waals surface area contributed by atoms with Crippen LogP contribution in [0.15, 0.2) is 18.3 Å². The molecule has 112 valence electrons. The molecule has 0 amide bonds. The van der Waals surface area contributed by atoms with Crippen LogP contribution in [0.1, 0.15) is 64.6 Å². The van der Waals surface area contributed by atoms with E-state index >= 15 is 0 Å². The molecule has 1 fully saturated rings. The number of pyridine rings is 1. The molecule has 2 heteroatoms. The van der Waals surface area contributed by atoms with Crippen LogP contribution in [-0.2, 0) is 12.8 Å². The van der Waals surface area contributed by atoms with E-state index in [1.54, 1.807) is 0 Å². The average molecular weight is 275 g/mol. The van der Waals surface area contributed by atoms with Crippen molar-refractivity contribution in [3.8, 4) is 0 Å². The molecule has 2 unspecified atom stereocenters. The van der Waals surface area contributed by atoms with Gasteiger partial charge < -0.3 is 5.11 Å². The summed E-state index contributed by atoms with van der Waals surface area (Å²) in [7, 11) is 0. The highest BCUT2D eigenvalue weighted by Crippen LogP contribution is 2.45. The zero-order chi connectivity index (χ0) is 14.8. The SMILES string of the molecule is CCc1ccc(CC2(O)CCCCC2C(C)(C)C)nc1. The first-order chi connectivity index (χ1) is 9.35. The standard InChI is InChI=1S/C18H29NO/c1-5-14-9-10-15(19-13-14)12-18(20)11-7-6-8-16(18)17(2,3)4/h9-10,13,16,20H,5-8,11-12H2,1-4H3. The minimum Gasteiger partial charge on any atom is -0.389 e. The summed E-state index contributed by atoms with van der Waals surface area (Å²) >= 11 is 0. The Kier molecular flexibility index (Phi) is 4.53. The van der Waals surface area contributed by atoms with Crippen molar-refractivity contribution in [3.63, 3.8) is 0 Å². The molecule has 1 aliphatic carbocycles. The minimum absolute atomic E-state index is 0.151. The second kappa shape index (κ2) is 5.85. The normalized spacial score (nSPS) is 27.6. The van der Waals surface area contributed by atoms with Gasteiger partial charge in [0.05, 0.1) is 5.60 Å². The molecule has 20 heavy (non-hydrogen) atoms. The molecular formula is C18H29NO. The molecule has 0 aromatic carbocycles. The maximum absolute atomic E-state index is 11.2. The van der Waals surface area contributed by atoms with Gasteiger partial charge in [-0.3, -0.25) is 4.98 Å². The Morgan fingerprint density at radius 2 is 2.05 bits per heavy atom. The van der Waals surface area contributed by atoms with E-state index in [0.29, 0.717) is 12.3 Å². The molecule has 0 spiro atoms. The number of rotatable bonds is 3. The Hall–Kier alpha value is -0.890. The molecule has 0 saturated heterocycles. The third-order valence-electron chi connectivity index (χ3n) is 4.83. The second-order valence-corrected chi connectivity index (χ2v) is 7.46. The first kappa shape index (κ1) is 15.5. The molecule has 0 aliphatic heterocycles. The Bertz CT molecular complexity index is 432. The number of hydrogen-bond acceptors (Lipinski definition) is 2. The van der Waals surface area contributed by atoms with Gasteiger partial charge in [0.2, 0.25) is 0 Å². The lowest BCUT2D eigenvalue weighted by molar-refractivity contribution is -0.0894. The van der Waals surface area contributed by atoms with Crippen molar-refractivity contribution < 1.29 is 5.11 Å². The molecular weight excluding hydrogens is 246 g/mol. The summed E-state index contributed by atoms with van der Waals surface area (Å²) in [6.45, 7) is 8.89. The van der Waals surface area contributed by atoms with E-state index < -0.39 is 5.60 Å². The number of aryl methyl sites for hydroxylation is 1. The van der Waals surface area contributed by atoms with Gasteiger partial charge in [-0.25, -0.2) is 0 Å². The van der Waals surface area contributed by atoms with Crippen molar-refractivity contribution in [1.82, 2.24) is 4.98 Å². The summed E-state index contributed by atoms with van der Waals surface area (Å²) in [6, 6.07) is 4.23. The lowest BCUT2D eigenvalue weighted by atomic mass is 9.62. The van der Waals surface area contributed by atoms with Crippen LogP contribution in [0.5, 0.6) is 0 Å². The highest BCUT2D eigenvalue weighted by molar-refractivity contribution is 5.16. The lowest BCUT2D eigenvalue weighted by Gasteiger charge is -2.47. The predicted molar refractivity (Wildman–Crippen MR) is 83.7 cm³/mol. The van der Waals surface area contributed by atoms with Gasteiger partial charge in [-0.05, 0) is 42.2 Å². The van der Waals surface area contributed by atoms with Crippen molar-refractivity contribution in [2.24, 2.45) is 11.3 Å². The molecule has 1 N–H and O–H groups in total. The smallest absolute Gasteiger partial charge is 0.0736 e. The molecule has 0 bridgehead atoms. The van der Waals surface area contributed by atoms with E-state index in [4.69, 9.17) is 0 Å². The van der Waals surface area contributed by atoms with Crippen LogP contribution in [0.4, 0.5) is 0 Å². The molecule has 1 heterocycles. The van der Waals surface area contributed by atoms with Crippen molar-refractivity contribution in [1.29, 1.82) is 0 Å². The first-order valence-electron chi connectivity index (χ1n) is 8.01. The zero-order valence-electron chi connectivity index (χ0n) is 13.4. The van der Waals surface area contributed by atoms with Crippen molar-refractivity contribution in [2.45, 2.75) is 71.8 Å². The van der Waals surface area contributed by atoms with Crippen LogP contribution in [0.2, 0.25) is 0 Å². The van der Waals surface area contributed by atoms with Gasteiger partial charge in [-0.15, -0.1) is 0 Å². The Morgan fingerprint density at radius 1 is 1.30 bits per heavy atom. The number of aliphatic hydroxyl groups is 1. The fraction of sp³-hybridized carbons (Fsp3) is 0.722. The molecule has 1 aliphatic rings. The monoisotopic (exact) mass is 275 g/mol. The second-order valence-electron chi connectivity index (χ2n) is 7.46. The largest absolute Gasteiger partial charge is 0.389 e. The molecule has 2 atom stereocenters. The van der Waals surface area contributed by atoms with E-state index in [-0.39, 0.29) is 5.41 Å². The number of nitrogens with zero attached hydrogens (tertiary/aromatic N) is 1. The topological polar surface area (TPSA) is 33.1 Å². The molecule has 0 radical (unpaired) electrons. The molecule has 1 saturated carbocycles. The van der Waals surface area contributed by atoms with Crippen LogP contribution >= 0.6 is 0 Å². The van der Waals surface area contributed by atoms with E-state index in [1.165, 1.54) is 12.0 Å². The van der Waals surface area contributed by atoms with Crippen LogP contribution in [0.3, 0.4) is 0 Å². The predicted octanol–water partition coefficient (Wildman–Crippen LogP) is 4.15. The summed E-state index contributed by atoms with van der Waals surface area (Å²) in [5.74, 6) is 0.358. The Balaban J connectivity index is 2.18. The third kappa shape index (κ3) is 3.41. The summed E-state index contributed by atoms with van der Waals surface area (Å²) in [4.78, 5) is 4.55. The summed E-state index contributed by atoms with van der Waals surface area (Å²) in [5, 5.41) is 11.2. The number of hydrogen-bond donors (Lipinski definition) is 1. The van der Waals surface area contributed by atoms with Crippen molar-refractivity contribution >= 4 is 0 Å². The molecule has 1 aromatic heterocycles. The molecule has 2 rings (SSSR count). The van der Waals surface area contributed by atoms with Gasteiger partial charge in [0.25, 0.3) is 0 Å². The van der Waals surface area contributed by atoms with E-state index in [0.717, 1.165) is 31.4 Å². The Labute approximate surface area is 123 Å². The van der Waals surface area contributed by atoms with Crippen LogP contribution in [0, 0.1) is 11.3 Å². The summed E-state index contributed by atoms with van der Waals surface area (Å²) in [6.07, 6.45) is 8.08. The van der Waals surface area contributed by atoms with Crippen molar-refractivity contribution in [2.75, 3.05) is 0 Å². The fourth-order valence-corrected chi connectivity index (χ4v) is 3.76. The van der Waals surface area contributed by atoms with Gasteiger partial charge >= 0.3 is 0 Å². The van der Waals surface area contributed by atoms with Crippen LogP contribution in [0.25, 0.3) is 0 Å². The number of aromatic nitrogens is 1. The maximum Gasteiger partial charge on any atom is 0.0736 e. The summed E-state index contributed by atoms with van der Waals surface area (Å²) < 4.78 is 0. The third-order valence-corrected chi connectivity index (χ3v) is 4.83. The van der Waals surface area contributed by atoms with Gasteiger partial charge in [-0.1, -0.05) is 46.6 Å². The maximum atomic E-state index is 11.2. The molecule has 2 nitrogen and oxygen atoms in total. The minimum atomic E-state index is -0.586. The average Bonchev–Trinajstić information content (AvgIpc) is 2.38. The lowest BCUT2D eigenvalue weighted by Crippen LogP contribution is -2.48. The van der Waals surface area contributed by atoms with Crippen LogP contribution in [-0.4, -0.2) is 15.7 Å². The van der Waals surface area contributed by atoms with Crippen LogP contribution < -0.4 is 0 Å². The Morgan fingerprint density at radius 3 is 2.60 bits per heavy atom. The van der Waals surface area contributed by atoms with Gasteiger partial charge in [-0.2, -0.15) is 0 Å². The fourth-order valence-electron chi connectivity index (χ4n) is 3.76. The van der Waals surface area contributed by atoms with Crippen molar-refractivity contribution in [3.05, 3.63) is 29.6 Å². The van der Waals surface area contributed by atoms with E-state index in [9.17, 15) is 5.11 Å². The van der Waals surface area contributed by atoms with Gasteiger partial charge in [0.1, 0.15) is 0 Å². The zero-order valence-corrected chi connectivity index (χ0v) is 13.4. The van der Waals surface area contributed by atoms with Gasteiger partial charge in [0.15, 0.2) is 0 Å². The van der Waals surface area contributed by atoms with Gasteiger partial charge in [0, 0.05) is 18.3 Å². The summed E-state index contributed by atoms with van der Waals surface area (Å²) in [5.41, 5.74) is 1.85.